The molecule has 0 aliphatic carbocycles. The molecule has 11 heteroatoms. The number of likely N-dealkylation sites (tertiary alicyclic amines) is 1. The summed E-state index contributed by atoms with van der Waals surface area (Å²) in [5.74, 6) is 0.615. The first kappa shape index (κ1) is 32.0. The van der Waals surface area contributed by atoms with Crippen molar-refractivity contribution in [2.24, 2.45) is 11.3 Å². The maximum absolute atomic E-state index is 14.3. The molecule has 0 saturated carbocycles. The van der Waals surface area contributed by atoms with E-state index in [-0.39, 0.29) is 40.7 Å². The fourth-order valence-electron chi connectivity index (χ4n) is 6.41. The summed E-state index contributed by atoms with van der Waals surface area (Å²) >= 11 is 0. The van der Waals surface area contributed by atoms with E-state index < -0.39 is 5.82 Å². The van der Waals surface area contributed by atoms with Crippen molar-refractivity contribution in [3.63, 3.8) is 0 Å². The van der Waals surface area contributed by atoms with Crippen LogP contribution in [0.15, 0.2) is 24.5 Å². The minimum absolute atomic E-state index is 0.0496. The first-order chi connectivity index (χ1) is 20.0. The monoisotopic (exact) mass is 585 g/mol. The predicted octanol–water partition coefficient (Wildman–Crippen LogP) is 3.91. The van der Waals surface area contributed by atoms with Gasteiger partial charge in [-0.1, -0.05) is 20.8 Å². The van der Waals surface area contributed by atoms with E-state index >= 15 is 0 Å². The van der Waals surface area contributed by atoms with Gasteiger partial charge < -0.3 is 24.5 Å². The van der Waals surface area contributed by atoms with Crippen molar-refractivity contribution in [1.82, 2.24) is 29.9 Å². The molecule has 1 aromatic heterocycles. The van der Waals surface area contributed by atoms with Gasteiger partial charge in [-0.25, -0.2) is 9.37 Å². The van der Waals surface area contributed by atoms with E-state index in [9.17, 15) is 14.3 Å². The van der Waals surface area contributed by atoms with Gasteiger partial charge in [0.05, 0.1) is 11.7 Å². The van der Waals surface area contributed by atoms with Crippen LogP contribution in [0, 0.1) is 17.2 Å². The Labute approximate surface area is 249 Å². The molecule has 42 heavy (non-hydrogen) atoms. The fraction of sp³-hybridized carbons (Fsp3) is 0.677. The van der Waals surface area contributed by atoms with Crippen LogP contribution in [0.1, 0.15) is 64.7 Å². The Hall–Kier alpha value is -2.89. The van der Waals surface area contributed by atoms with Crippen LogP contribution in [0.2, 0.25) is 0 Å². The Morgan fingerprint density at radius 2 is 1.90 bits per heavy atom. The van der Waals surface area contributed by atoms with Crippen LogP contribution in [0.5, 0.6) is 11.6 Å². The molecule has 2 fully saturated rings. The first-order valence-corrected chi connectivity index (χ1v) is 15.3. The predicted molar refractivity (Wildman–Crippen MR) is 161 cm³/mol. The number of halogens is 1. The number of anilines is 1. The number of carbonyl (C=O) groups excluding carboxylic acids is 1. The van der Waals surface area contributed by atoms with Gasteiger partial charge in [0.15, 0.2) is 5.82 Å². The number of benzene rings is 1. The molecule has 0 radical (unpaired) electrons. The molecule has 3 heterocycles. The summed E-state index contributed by atoms with van der Waals surface area (Å²) in [4.78, 5) is 26.3. The number of rotatable bonds is 13. The Kier molecular flexibility index (Phi) is 10.4. The third-order valence-corrected chi connectivity index (χ3v) is 8.80. The highest BCUT2D eigenvalue weighted by molar-refractivity contribution is 5.97. The van der Waals surface area contributed by atoms with Crippen LogP contribution >= 0.6 is 0 Å². The molecule has 2 aromatic rings. The Bertz CT molecular complexity index is 1210. The molecule has 1 N–H and O–H groups in total. The normalized spacial score (nSPS) is 18.1. The van der Waals surface area contributed by atoms with Crippen LogP contribution in [0.25, 0.3) is 0 Å². The molecule has 0 unspecified atom stereocenters. The Morgan fingerprint density at radius 3 is 2.55 bits per heavy atom. The molecule has 1 spiro atoms. The van der Waals surface area contributed by atoms with Gasteiger partial charge in [0.1, 0.15) is 17.9 Å². The maximum Gasteiger partial charge on any atom is 0.282 e. The lowest BCUT2D eigenvalue weighted by Crippen LogP contribution is -2.62. The number of amides is 1. The van der Waals surface area contributed by atoms with Crippen LogP contribution in [-0.4, -0.2) is 112 Å². The van der Waals surface area contributed by atoms with Crippen molar-refractivity contribution in [3.05, 3.63) is 35.9 Å². The molecule has 2 atom stereocenters. The Balaban J connectivity index is 1.46. The van der Waals surface area contributed by atoms with Gasteiger partial charge in [-0.15, -0.1) is 10.2 Å². The summed E-state index contributed by atoms with van der Waals surface area (Å²) in [7, 11) is 2.04. The van der Waals surface area contributed by atoms with Gasteiger partial charge in [0.2, 0.25) is 0 Å². The minimum Gasteiger partial charge on any atom is -0.434 e. The van der Waals surface area contributed by atoms with E-state index in [1.165, 1.54) is 24.5 Å². The van der Waals surface area contributed by atoms with Gasteiger partial charge in [-0.2, -0.15) is 0 Å². The number of hydrogen-bond donors (Lipinski definition) is 1. The van der Waals surface area contributed by atoms with Crippen molar-refractivity contribution >= 4 is 11.7 Å². The summed E-state index contributed by atoms with van der Waals surface area (Å²) in [6.45, 7) is 17.9. The van der Waals surface area contributed by atoms with E-state index in [1.807, 2.05) is 27.8 Å². The number of aromatic nitrogens is 3. The zero-order chi connectivity index (χ0) is 30.6. The number of aliphatic hydroxyl groups excluding tert-OH is 1. The number of hydrogen-bond acceptors (Lipinski definition) is 9. The number of carbonyl (C=O) groups is 1. The smallest absolute Gasteiger partial charge is 0.282 e. The van der Waals surface area contributed by atoms with E-state index in [4.69, 9.17) is 4.74 Å². The number of aliphatic hydroxyl groups is 1. The average Bonchev–Trinajstić information content (AvgIpc) is 3.38. The van der Waals surface area contributed by atoms with Crippen molar-refractivity contribution in [1.29, 1.82) is 0 Å². The third kappa shape index (κ3) is 7.18. The standard InChI is InChI=1S/C31H48FN7O3/c1-8-36(7)16-24(40)15-26(21(3)4)38-18-31(19-38)12-13-37(17-31)28-29(35-34-20-33-28)42-27-11-10-23(32)14-25(27)30(41)39(9-2)22(5)6/h10-11,14,20-22,24,26,40H,8-9,12-13,15-19H2,1-7H3/t24-,26+/m1/s1. The zero-order valence-electron chi connectivity index (χ0n) is 26.3. The molecule has 10 nitrogen and oxygen atoms in total. The second-order valence-electron chi connectivity index (χ2n) is 12.6. The summed E-state index contributed by atoms with van der Waals surface area (Å²) < 4.78 is 20.4. The summed E-state index contributed by atoms with van der Waals surface area (Å²) in [6.07, 6.45) is 2.83. The molecular formula is C31H48FN7O3. The number of nitrogens with zero attached hydrogens (tertiary/aromatic N) is 7. The van der Waals surface area contributed by atoms with Crippen LogP contribution < -0.4 is 9.64 Å². The highest BCUT2D eigenvalue weighted by atomic mass is 19.1. The molecule has 4 rings (SSSR count). The molecule has 1 amide bonds. The summed E-state index contributed by atoms with van der Waals surface area (Å²) in [5, 5.41) is 18.9. The van der Waals surface area contributed by atoms with Crippen LogP contribution in [-0.2, 0) is 0 Å². The van der Waals surface area contributed by atoms with Gasteiger partial charge >= 0.3 is 0 Å². The van der Waals surface area contributed by atoms with Crippen LogP contribution in [0.3, 0.4) is 0 Å². The molecule has 2 aliphatic heterocycles. The van der Waals surface area contributed by atoms with Crippen molar-refractivity contribution in [2.75, 3.05) is 57.8 Å². The second-order valence-corrected chi connectivity index (χ2v) is 12.6. The summed E-state index contributed by atoms with van der Waals surface area (Å²) in [6, 6.07) is 4.22. The highest BCUT2D eigenvalue weighted by Gasteiger charge is 2.50. The van der Waals surface area contributed by atoms with Crippen molar-refractivity contribution in [2.45, 2.75) is 72.6 Å². The molecule has 2 aliphatic rings. The molecule has 0 bridgehead atoms. The molecule has 1 aromatic carbocycles. The summed E-state index contributed by atoms with van der Waals surface area (Å²) in [5.41, 5.74) is 0.276. The third-order valence-electron chi connectivity index (χ3n) is 8.80. The van der Waals surface area contributed by atoms with Crippen molar-refractivity contribution in [3.8, 4) is 11.6 Å². The topological polar surface area (TPSA) is 98.2 Å². The molecular weight excluding hydrogens is 537 g/mol. The minimum atomic E-state index is -0.511. The van der Waals surface area contributed by atoms with Gasteiger partial charge in [0, 0.05) is 56.8 Å². The maximum atomic E-state index is 14.3. The van der Waals surface area contributed by atoms with Gasteiger partial charge in [-0.05, 0) is 71.3 Å². The fourth-order valence-corrected chi connectivity index (χ4v) is 6.41. The zero-order valence-corrected chi connectivity index (χ0v) is 26.3. The molecule has 2 saturated heterocycles. The lowest BCUT2D eigenvalue weighted by molar-refractivity contribution is -0.0480. The lowest BCUT2D eigenvalue weighted by Gasteiger charge is -2.53. The van der Waals surface area contributed by atoms with Gasteiger partial charge in [0.25, 0.3) is 11.8 Å². The largest absolute Gasteiger partial charge is 0.434 e. The lowest BCUT2D eigenvalue weighted by atomic mass is 9.76. The van der Waals surface area contributed by atoms with E-state index in [1.54, 1.807) is 4.90 Å². The van der Waals surface area contributed by atoms with Gasteiger partial charge in [-0.3, -0.25) is 9.69 Å². The van der Waals surface area contributed by atoms with E-state index in [0.717, 1.165) is 45.6 Å². The Morgan fingerprint density at radius 1 is 1.17 bits per heavy atom. The SMILES string of the molecule is CCN(C)C[C@H](O)C[C@@H](C(C)C)N1CC2(CCN(c3ncnnc3Oc3ccc(F)cc3C(=O)N(CC)C(C)C)C2)C1. The number of likely N-dealkylation sites (N-methyl/N-ethyl adjacent to an activating group) is 1. The van der Waals surface area contributed by atoms with Crippen molar-refractivity contribution < 1.29 is 19.0 Å². The quantitative estimate of drug-likeness (QED) is 0.375. The second kappa shape index (κ2) is 13.6. The first-order valence-electron chi connectivity index (χ1n) is 15.3. The number of ether oxygens (including phenoxy) is 1. The highest BCUT2D eigenvalue weighted by Crippen LogP contribution is 2.44. The molecule has 232 valence electrons. The van der Waals surface area contributed by atoms with E-state index in [0.29, 0.717) is 30.9 Å². The van der Waals surface area contributed by atoms with E-state index in [2.05, 4.69) is 50.7 Å². The average molecular weight is 586 g/mol. The van der Waals surface area contributed by atoms with Crippen LogP contribution in [0.4, 0.5) is 10.2 Å².